The summed E-state index contributed by atoms with van der Waals surface area (Å²) in [6.07, 6.45) is 0. The smallest absolute Gasteiger partial charge is 0.744 e. The number of azo groups is 2. The minimum Gasteiger partial charge on any atom is -0.744 e. The van der Waals surface area contributed by atoms with E-state index < -0.39 is 42.4 Å². The van der Waals surface area contributed by atoms with Gasteiger partial charge in [0.1, 0.15) is 48.1 Å². The first kappa shape index (κ1) is 42.7. The molecule has 1 heterocycles. The zero-order valence-corrected chi connectivity index (χ0v) is 31.8. The van der Waals surface area contributed by atoms with Gasteiger partial charge in [0.15, 0.2) is 11.4 Å². The molecule has 1 radical (unpaired) electrons. The number of rotatable bonds is 7. The van der Waals surface area contributed by atoms with Gasteiger partial charge in [-0.05, 0) is 73.2 Å². The van der Waals surface area contributed by atoms with Crippen molar-refractivity contribution in [2.75, 3.05) is 0 Å². The number of aromatic nitrogens is 1. The molecule has 5 N–H and O–H groups in total. The maximum atomic E-state index is 11.8. The van der Waals surface area contributed by atoms with Gasteiger partial charge in [-0.25, -0.2) is 21.8 Å². The molecular formula is C26H19CuN5Na2O10S3. The molecule has 5 aromatic rings. The third kappa shape index (κ3) is 9.64. The molecule has 15 nitrogen and oxygen atoms in total. The number of benzene rings is 4. The van der Waals surface area contributed by atoms with E-state index in [1.165, 1.54) is 19.1 Å². The maximum absolute atomic E-state index is 11.8. The predicted octanol–water partition coefficient (Wildman–Crippen LogP) is -0.792. The van der Waals surface area contributed by atoms with Crippen molar-refractivity contribution in [3.8, 4) is 27.8 Å². The average molecular weight is 767 g/mol. The van der Waals surface area contributed by atoms with Gasteiger partial charge in [-0.1, -0.05) is 6.07 Å². The van der Waals surface area contributed by atoms with E-state index >= 15 is 0 Å². The Morgan fingerprint density at radius 1 is 0.745 bits per heavy atom. The second-order valence-corrected chi connectivity index (χ2v) is 12.6. The zero-order chi connectivity index (χ0) is 31.1. The third-order valence-corrected chi connectivity index (χ3v) is 9.07. The van der Waals surface area contributed by atoms with E-state index in [1.54, 1.807) is 30.3 Å². The number of phenolic OH excluding ortho intramolecular Hbond substituents is 3. The third-order valence-electron chi connectivity index (χ3n) is 5.95. The fourth-order valence-corrected chi connectivity index (χ4v) is 6.64. The van der Waals surface area contributed by atoms with Crippen LogP contribution in [0.5, 0.6) is 17.2 Å². The summed E-state index contributed by atoms with van der Waals surface area (Å²) >= 11 is 1.05. The Balaban J connectivity index is 0.00000276. The van der Waals surface area contributed by atoms with Crippen LogP contribution in [0.15, 0.2) is 97.0 Å². The topological polar surface area (TPSA) is 269 Å². The van der Waals surface area contributed by atoms with E-state index in [4.69, 9.17) is 0 Å². The molecule has 4 aromatic carbocycles. The minimum absolute atomic E-state index is 0. The largest absolute Gasteiger partial charge is 1.00 e. The number of nitrogens with zero attached hydrogens (tertiary/aromatic N) is 5. The summed E-state index contributed by atoms with van der Waals surface area (Å²) in [7, 11) is -9.53. The number of hydrogen-bond donors (Lipinski definition) is 3. The van der Waals surface area contributed by atoms with Crippen molar-refractivity contribution in [2.45, 2.75) is 16.7 Å². The first-order valence-electron chi connectivity index (χ1n) is 11.9. The maximum Gasteiger partial charge on any atom is 1.00 e. The Hall–Kier alpha value is -2.33. The molecule has 0 saturated carbocycles. The molecule has 0 aliphatic heterocycles. The summed E-state index contributed by atoms with van der Waals surface area (Å²) in [5.41, 5.74) is 0.655. The minimum atomic E-state index is -4.82. The van der Waals surface area contributed by atoms with Gasteiger partial charge in [-0.15, -0.1) is 26.7 Å². The second-order valence-electron chi connectivity index (χ2n) is 8.89. The van der Waals surface area contributed by atoms with Gasteiger partial charge in [0.05, 0.1) is 25.7 Å². The van der Waals surface area contributed by atoms with Crippen LogP contribution in [0.3, 0.4) is 0 Å². The molecule has 239 valence electrons. The summed E-state index contributed by atoms with van der Waals surface area (Å²) in [6.45, 7) is 1.53. The van der Waals surface area contributed by atoms with E-state index in [9.17, 15) is 41.3 Å². The average Bonchev–Trinajstić information content (AvgIpc) is 3.36. The van der Waals surface area contributed by atoms with Crippen LogP contribution in [0.25, 0.3) is 20.8 Å². The molecule has 1 aromatic heterocycles. The molecule has 0 unspecified atom stereocenters. The molecule has 0 amide bonds. The molecule has 0 fully saturated rings. The van der Waals surface area contributed by atoms with Crippen LogP contribution in [-0.4, -0.2) is 51.7 Å². The van der Waals surface area contributed by atoms with Crippen molar-refractivity contribution in [1.82, 2.24) is 4.98 Å². The molecule has 47 heavy (non-hydrogen) atoms. The van der Waals surface area contributed by atoms with Gasteiger partial charge in [-0.3, -0.25) is 0 Å². The molecule has 5 rings (SSSR count). The van der Waals surface area contributed by atoms with Gasteiger partial charge >= 0.3 is 59.1 Å². The molecule has 0 aliphatic carbocycles. The molecule has 0 bridgehead atoms. The van der Waals surface area contributed by atoms with Gasteiger partial charge in [0.25, 0.3) is 0 Å². The number of hydrogen-bond acceptors (Lipinski definition) is 15. The first-order valence-corrected chi connectivity index (χ1v) is 15.5. The monoisotopic (exact) mass is 766 g/mol. The molecule has 0 saturated heterocycles. The van der Waals surface area contributed by atoms with Crippen molar-refractivity contribution in [3.63, 3.8) is 0 Å². The van der Waals surface area contributed by atoms with Crippen LogP contribution in [0.1, 0.15) is 5.56 Å². The number of thiazole rings is 1. The van der Waals surface area contributed by atoms with Crippen molar-refractivity contribution < 1.29 is 123 Å². The summed E-state index contributed by atoms with van der Waals surface area (Å²) in [5, 5.41) is 46.5. The first-order chi connectivity index (χ1) is 20.2. The SMILES string of the molecule is Cc1ccc2nc(-c3ccc(N=Nc4c(O)ccc(N=Nc5cc(S(=O)(=O)[O-])ccc5O)c4O)cc3)sc2c1S(=O)(=O)[O-].O.[Cu].[Na+].[Na+]. The molecule has 0 aliphatic rings. The number of aryl methyl sites for hydroxylation is 1. The fraction of sp³-hybridized carbons (Fsp3) is 0.0385. The van der Waals surface area contributed by atoms with E-state index in [0.29, 0.717) is 27.3 Å². The van der Waals surface area contributed by atoms with E-state index in [0.717, 1.165) is 35.6 Å². The number of aromatic hydroxyl groups is 3. The molecular weight excluding hydrogens is 748 g/mol. The number of phenols is 3. The van der Waals surface area contributed by atoms with Crippen molar-refractivity contribution >= 4 is 64.5 Å². The Kier molecular flexibility index (Phi) is 15.3. The summed E-state index contributed by atoms with van der Waals surface area (Å²) < 4.78 is 69.4. The van der Waals surface area contributed by atoms with Crippen LogP contribution in [0.2, 0.25) is 0 Å². The quantitative estimate of drug-likeness (QED) is 0.106. The Morgan fingerprint density at radius 3 is 1.98 bits per heavy atom. The van der Waals surface area contributed by atoms with Crippen LogP contribution in [0.4, 0.5) is 22.7 Å². The normalized spacial score (nSPS) is 11.5. The molecule has 0 atom stereocenters. The van der Waals surface area contributed by atoms with Gasteiger partial charge in [0.2, 0.25) is 0 Å². The zero-order valence-electron chi connectivity index (χ0n) is 24.4. The van der Waals surface area contributed by atoms with Crippen molar-refractivity contribution in [3.05, 3.63) is 72.3 Å². The van der Waals surface area contributed by atoms with Gasteiger partial charge < -0.3 is 29.9 Å². The van der Waals surface area contributed by atoms with E-state index in [2.05, 4.69) is 25.4 Å². The van der Waals surface area contributed by atoms with E-state index in [-0.39, 0.29) is 108 Å². The van der Waals surface area contributed by atoms with Crippen LogP contribution >= 0.6 is 11.3 Å². The molecule has 21 heteroatoms. The summed E-state index contributed by atoms with van der Waals surface area (Å²) in [6, 6.07) is 14.5. The van der Waals surface area contributed by atoms with Crippen molar-refractivity contribution in [1.29, 1.82) is 0 Å². The van der Waals surface area contributed by atoms with Crippen LogP contribution < -0.4 is 59.1 Å². The standard InChI is InChI=1S/C26H19N5O9S3.Cu.2Na.H2O/c1-13-2-8-18-24(25(13)43(38,39)40)41-26(27-18)14-3-5-15(6-4-14)28-31-22-21(33)11-9-17(23(22)34)29-30-19-12-16(42(35,36)37)7-10-20(19)32;;;;/h2-12,32-34H,1H3,(H,35,36,37)(H,38,39,40);;;;1H2/q;;2*+1;/p-2. The van der Waals surface area contributed by atoms with Crippen LogP contribution in [0, 0.1) is 6.92 Å². The van der Waals surface area contributed by atoms with E-state index in [1.807, 2.05) is 0 Å². The summed E-state index contributed by atoms with van der Waals surface area (Å²) in [5.74, 6) is -1.56. The summed E-state index contributed by atoms with van der Waals surface area (Å²) in [4.78, 5) is 3.48. The molecule has 0 spiro atoms. The Morgan fingerprint density at radius 2 is 1.36 bits per heavy atom. The Bertz CT molecular complexity index is 2200. The number of fused-ring (bicyclic) bond motifs is 1. The van der Waals surface area contributed by atoms with Gasteiger partial charge in [-0.2, -0.15) is 5.11 Å². The fourth-order valence-electron chi connectivity index (χ4n) is 3.86. The van der Waals surface area contributed by atoms with Crippen molar-refractivity contribution in [2.24, 2.45) is 20.5 Å². The van der Waals surface area contributed by atoms with Crippen LogP contribution in [-0.2, 0) is 37.3 Å². The second kappa shape index (κ2) is 16.9. The van der Waals surface area contributed by atoms with Gasteiger partial charge in [0, 0.05) is 22.6 Å². The Labute approximate surface area is 326 Å². The predicted molar refractivity (Wildman–Crippen MR) is 156 cm³/mol.